The Labute approximate surface area is 136 Å². The lowest BCUT2D eigenvalue weighted by Crippen LogP contribution is -2.59. The lowest BCUT2D eigenvalue weighted by atomic mass is 10.9. The van der Waals surface area contributed by atoms with Crippen LogP contribution in [0.1, 0.15) is 0 Å². The van der Waals surface area contributed by atoms with Gasteiger partial charge < -0.3 is 19.1 Å². The van der Waals surface area contributed by atoms with Crippen LogP contribution in [0.2, 0.25) is 52.4 Å². The summed E-state index contributed by atoms with van der Waals surface area (Å²) in [5.41, 5.74) is 0. The fraction of sp³-hybridized carbons (Fsp3) is 0.818. The number of hydrogen-bond donors (Lipinski definition) is 2. The van der Waals surface area contributed by atoms with E-state index in [2.05, 4.69) is 62.3 Å². The van der Waals surface area contributed by atoms with Crippen LogP contribution in [0.15, 0.2) is 0 Å². The average Bonchev–Trinajstić information content (AvgIpc) is 2.25. The van der Waals surface area contributed by atoms with Crippen molar-refractivity contribution in [2.24, 2.45) is 0 Å². The first-order chi connectivity index (χ1) is 9.56. The topological polar surface area (TPSA) is 64.7 Å². The molecule has 0 rings (SSSR count). The molecule has 0 aromatic carbocycles. The fourth-order valence-electron chi connectivity index (χ4n) is 1.75. The Morgan fingerprint density at radius 3 is 1.19 bits per heavy atom. The number of nitrogens with zero attached hydrogens (tertiary/aromatic N) is 2. The van der Waals surface area contributed by atoms with Gasteiger partial charge >= 0.3 is 12.1 Å². The predicted octanol–water partition coefficient (Wildman–Crippen LogP) is 0.901. The van der Waals surface area contributed by atoms with Crippen molar-refractivity contribution in [2.45, 2.75) is 52.4 Å². The molecule has 124 valence electrons. The van der Waals surface area contributed by atoms with E-state index in [4.69, 9.17) is 0 Å². The molecule has 4 amide bonds. The molecule has 0 aliphatic heterocycles. The van der Waals surface area contributed by atoms with Crippen molar-refractivity contribution in [3.8, 4) is 0 Å². The van der Waals surface area contributed by atoms with Crippen LogP contribution in [-0.2, 0) is 0 Å². The molecular weight excluding hydrogens is 332 g/mol. The normalized spacial score (nSPS) is 11.2. The average molecular weight is 365 g/mol. The van der Waals surface area contributed by atoms with Gasteiger partial charge in [0.05, 0.1) is 6.67 Å². The number of nitrogens with one attached hydrogen (secondary N) is 2. The standard InChI is InChI=1S/C11H32N4O2Si4/c1-18(2)12-10(16)14(20(5)6)9-15(21(7)8)11(17)13-19(3)4/h18-21H,9H2,1-8H3,(H,12,16)(H,13,17). The van der Waals surface area contributed by atoms with Crippen LogP contribution < -0.4 is 9.96 Å². The Balaban J connectivity index is 4.99. The Hall–Kier alpha value is -0.592. The second-order valence-electron chi connectivity index (χ2n) is 6.48. The maximum absolute atomic E-state index is 12.3. The highest BCUT2D eigenvalue weighted by atomic mass is 28.3. The molecular formula is C11H32N4O2Si4. The SMILES string of the molecule is C[SiH](C)NC(=O)N(CN(C(=O)N[SiH](C)C)[SiH](C)C)[SiH](C)C. The maximum Gasteiger partial charge on any atom is 0.302 e. The summed E-state index contributed by atoms with van der Waals surface area (Å²) < 4.78 is 3.78. The molecule has 6 nitrogen and oxygen atoms in total. The molecule has 0 radical (unpaired) electrons. The van der Waals surface area contributed by atoms with Crippen molar-refractivity contribution < 1.29 is 9.59 Å². The fourth-order valence-corrected chi connectivity index (χ4v) is 5.65. The van der Waals surface area contributed by atoms with Gasteiger partial charge in [0.2, 0.25) is 0 Å². The molecule has 2 N–H and O–H groups in total. The molecule has 0 heterocycles. The van der Waals surface area contributed by atoms with Crippen molar-refractivity contribution in [3.05, 3.63) is 0 Å². The molecule has 21 heavy (non-hydrogen) atoms. The third kappa shape index (κ3) is 7.83. The van der Waals surface area contributed by atoms with Gasteiger partial charge in [0, 0.05) is 0 Å². The van der Waals surface area contributed by atoms with Crippen molar-refractivity contribution >= 4 is 47.9 Å². The van der Waals surface area contributed by atoms with E-state index in [0.717, 1.165) is 0 Å². The highest BCUT2D eigenvalue weighted by Crippen LogP contribution is 2.04. The first-order valence-electron chi connectivity index (χ1n) is 7.70. The van der Waals surface area contributed by atoms with Crippen LogP contribution >= 0.6 is 0 Å². The van der Waals surface area contributed by atoms with E-state index in [-0.39, 0.29) is 12.1 Å². The molecule has 0 atom stereocenters. The number of rotatable bonds is 6. The second-order valence-corrected chi connectivity index (χ2v) is 17.3. The number of carbonyl (C=O) groups is 2. The number of carbonyl (C=O) groups excluding carboxylic acids is 2. The maximum atomic E-state index is 12.3. The molecule has 10 heteroatoms. The summed E-state index contributed by atoms with van der Waals surface area (Å²) in [5, 5.41) is 0. The third-order valence-corrected chi connectivity index (χ3v) is 7.84. The molecule has 0 unspecified atom stereocenters. The molecule has 0 aromatic heterocycles. The lowest BCUT2D eigenvalue weighted by molar-refractivity contribution is 0.204. The molecule has 0 aromatic rings. The minimum Gasteiger partial charge on any atom is -0.368 e. The van der Waals surface area contributed by atoms with Crippen LogP contribution in [0.4, 0.5) is 9.59 Å². The van der Waals surface area contributed by atoms with Crippen molar-refractivity contribution in [1.29, 1.82) is 0 Å². The van der Waals surface area contributed by atoms with Crippen LogP contribution in [0.5, 0.6) is 0 Å². The summed E-state index contributed by atoms with van der Waals surface area (Å²) in [6.07, 6.45) is 0. The van der Waals surface area contributed by atoms with Gasteiger partial charge in [-0.3, -0.25) is 9.59 Å². The second kappa shape index (κ2) is 9.43. The van der Waals surface area contributed by atoms with Gasteiger partial charge in [-0.15, -0.1) is 0 Å². The first kappa shape index (κ1) is 20.4. The highest BCUT2D eigenvalue weighted by Gasteiger charge is 2.26. The number of amides is 4. The smallest absolute Gasteiger partial charge is 0.302 e. The van der Waals surface area contributed by atoms with E-state index in [1.54, 1.807) is 0 Å². The predicted molar refractivity (Wildman–Crippen MR) is 101 cm³/mol. The minimum atomic E-state index is -1.32. The van der Waals surface area contributed by atoms with Crippen LogP contribution in [-0.4, -0.2) is 63.7 Å². The van der Waals surface area contributed by atoms with Gasteiger partial charge in [-0.1, -0.05) is 52.4 Å². The van der Waals surface area contributed by atoms with Gasteiger partial charge in [0.15, 0.2) is 0 Å². The molecule has 0 fully saturated rings. The van der Waals surface area contributed by atoms with E-state index in [1.165, 1.54) is 0 Å². The van der Waals surface area contributed by atoms with Gasteiger partial charge in [0.1, 0.15) is 35.8 Å². The Morgan fingerprint density at radius 1 is 0.714 bits per heavy atom. The molecule has 0 saturated carbocycles. The zero-order chi connectivity index (χ0) is 16.7. The number of hydrogen-bond acceptors (Lipinski definition) is 2. The quantitative estimate of drug-likeness (QED) is 0.543. The lowest BCUT2D eigenvalue weighted by Gasteiger charge is -2.36. The molecule has 0 saturated heterocycles. The molecule has 0 aliphatic carbocycles. The van der Waals surface area contributed by atoms with Crippen molar-refractivity contribution in [2.75, 3.05) is 6.67 Å². The first-order valence-corrected chi connectivity index (χ1v) is 19.1. The monoisotopic (exact) mass is 364 g/mol. The van der Waals surface area contributed by atoms with E-state index in [9.17, 15) is 9.59 Å². The zero-order valence-electron chi connectivity index (χ0n) is 14.7. The Morgan fingerprint density at radius 2 is 1.00 bits per heavy atom. The number of urea groups is 2. The summed E-state index contributed by atoms with van der Waals surface area (Å²) in [6.45, 7) is 17.3. The minimum absolute atomic E-state index is 0.00701. The van der Waals surface area contributed by atoms with E-state index in [1.807, 2.05) is 9.13 Å². The molecule has 0 bridgehead atoms. The van der Waals surface area contributed by atoms with E-state index < -0.39 is 35.8 Å². The van der Waals surface area contributed by atoms with E-state index >= 15 is 0 Å². The van der Waals surface area contributed by atoms with Crippen molar-refractivity contribution in [1.82, 2.24) is 19.1 Å². The van der Waals surface area contributed by atoms with Gasteiger partial charge in [0.25, 0.3) is 0 Å². The summed E-state index contributed by atoms with van der Waals surface area (Å²) in [7, 11) is -4.97. The third-order valence-electron chi connectivity index (χ3n) is 2.90. The molecule has 0 spiro atoms. The Kier molecular flexibility index (Phi) is 9.16. The molecule has 0 aliphatic rings. The summed E-state index contributed by atoms with van der Waals surface area (Å²) in [6, 6.07) is 0.0140. The van der Waals surface area contributed by atoms with Crippen LogP contribution in [0.25, 0.3) is 0 Å². The largest absolute Gasteiger partial charge is 0.368 e. The van der Waals surface area contributed by atoms with Crippen LogP contribution in [0.3, 0.4) is 0 Å². The van der Waals surface area contributed by atoms with Gasteiger partial charge in [-0.05, 0) is 0 Å². The highest BCUT2D eigenvalue weighted by molar-refractivity contribution is 6.61. The van der Waals surface area contributed by atoms with Gasteiger partial charge in [-0.2, -0.15) is 0 Å². The summed E-state index contributed by atoms with van der Waals surface area (Å²) in [4.78, 5) is 30.8. The van der Waals surface area contributed by atoms with Gasteiger partial charge in [-0.25, -0.2) is 0 Å². The van der Waals surface area contributed by atoms with Crippen LogP contribution in [0, 0.1) is 0 Å². The summed E-state index contributed by atoms with van der Waals surface area (Å²) >= 11 is 0. The summed E-state index contributed by atoms with van der Waals surface area (Å²) in [5.74, 6) is 0. The zero-order valence-corrected chi connectivity index (χ0v) is 19.3. The van der Waals surface area contributed by atoms with Crippen molar-refractivity contribution in [3.63, 3.8) is 0 Å². The van der Waals surface area contributed by atoms with E-state index in [0.29, 0.717) is 6.67 Å². The Bertz CT molecular complexity index is 321.